The number of furan rings is 1. The SMILES string of the molecule is C=CC(=O)N1CCN(c2nc(OC[C@@H]3CCCN3C)nc3cc(-c4c(O)cccc4F)c4ccoc4c23)CC1. The van der Waals surface area contributed by atoms with Gasteiger partial charge in [0, 0.05) is 43.2 Å². The molecule has 0 bridgehead atoms. The summed E-state index contributed by atoms with van der Waals surface area (Å²) in [5, 5.41) is 11.9. The molecule has 0 unspecified atom stereocenters. The minimum absolute atomic E-state index is 0.0811. The number of hydrogen-bond donors (Lipinski definition) is 1. The zero-order chi connectivity index (χ0) is 27.1. The monoisotopic (exact) mass is 531 g/mol. The Morgan fingerprint density at radius 1 is 1.23 bits per heavy atom. The van der Waals surface area contributed by atoms with Gasteiger partial charge in [0.1, 0.15) is 29.6 Å². The molecule has 0 radical (unpaired) electrons. The number of ether oxygens (including phenoxy) is 1. The van der Waals surface area contributed by atoms with E-state index in [0.717, 1.165) is 19.4 Å². The van der Waals surface area contributed by atoms with Crippen molar-refractivity contribution in [2.24, 2.45) is 0 Å². The van der Waals surface area contributed by atoms with Gasteiger partial charge in [-0.3, -0.25) is 4.79 Å². The maximum absolute atomic E-state index is 15.0. The largest absolute Gasteiger partial charge is 0.507 e. The highest BCUT2D eigenvalue weighted by molar-refractivity contribution is 6.14. The molecule has 1 amide bonds. The number of benzene rings is 2. The van der Waals surface area contributed by atoms with Crippen LogP contribution in [-0.2, 0) is 4.79 Å². The number of phenols is 1. The van der Waals surface area contributed by atoms with E-state index in [1.165, 1.54) is 30.5 Å². The number of anilines is 1. The number of carbonyl (C=O) groups excluding carboxylic acids is 1. The summed E-state index contributed by atoms with van der Waals surface area (Å²) in [5.41, 5.74) is 1.55. The standard InChI is InChI=1S/C29H30FN5O4/c1-3-24(37)34-11-13-35(14-12-34)28-26-22(31-29(32-28)39-17-18-6-5-10-33(18)2)16-20(19-9-15-38-27(19)26)25-21(30)7-4-8-23(25)36/h3-4,7-9,15-16,18,36H,1,5-6,10-14,17H2,2H3/t18-/m0/s1. The van der Waals surface area contributed by atoms with E-state index < -0.39 is 5.82 Å². The summed E-state index contributed by atoms with van der Waals surface area (Å²) in [6.07, 6.45) is 5.03. The number of halogens is 1. The molecular weight excluding hydrogens is 501 g/mol. The number of carbonyl (C=O) groups is 1. The maximum atomic E-state index is 15.0. The van der Waals surface area contributed by atoms with Crippen LogP contribution in [0.3, 0.4) is 0 Å². The highest BCUT2D eigenvalue weighted by Gasteiger charge is 2.27. The summed E-state index contributed by atoms with van der Waals surface area (Å²) in [6, 6.07) is 8.23. The van der Waals surface area contributed by atoms with Crippen LogP contribution in [0.25, 0.3) is 33.0 Å². The highest BCUT2D eigenvalue weighted by atomic mass is 19.1. The van der Waals surface area contributed by atoms with Crippen LogP contribution < -0.4 is 9.64 Å². The van der Waals surface area contributed by atoms with Gasteiger partial charge in [-0.25, -0.2) is 4.39 Å². The lowest BCUT2D eigenvalue weighted by Crippen LogP contribution is -2.48. The third-order valence-electron chi connectivity index (χ3n) is 7.76. The van der Waals surface area contributed by atoms with Gasteiger partial charge < -0.3 is 29.0 Å². The lowest BCUT2D eigenvalue weighted by Gasteiger charge is -2.35. The minimum Gasteiger partial charge on any atom is -0.507 e. The van der Waals surface area contributed by atoms with Crippen molar-refractivity contribution in [2.45, 2.75) is 18.9 Å². The number of phenolic OH excluding ortho intramolecular Hbond substituents is 1. The van der Waals surface area contributed by atoms with Crippen LogP contribution in [0, 0.1) is 5.82 Å². The Balaban J connectivity index is 1.48. The number of aromatic nitrogens is 2. The highest BCUT2D eigenvalue weighted by Crippen LogP contribution is 2.42. The second-order valence-corrected chi connectivity index (χ2v) is 10.0. The van der Waals surface area contributed by atoms with E-state index in [1.807, 2.05) is 0 Å². The van der Waals surface area contributed by atoms with Crippen molar-refractivity contribution >= 4 is 33.6 Å². The van der Waals surface area contributed by atoms with Crippen molar-refractivity contribution in [3.8, 4) is 22.9 Å². The molecule has 0 spiro atoms. The van der Waals surface area contributed by atoms with Crippen LogP contribution >= 0.6 is 0 Å². The Kier molecular flexibility index (Phi) is 6.56. The van der Waals surface area contributed by atoms with Crippen LogP contribution in [-0.4, -0.2) is 83.2 Å². The van der Waals surface area contributed by atoms with Gasteiger partial charge in [-0.05, 0) is 56.8 Å². The van der Waals surface area contributed by atoms with Gasteiger partial charge in [0.15, 0.2) is 0 Å². The average molecular weight is 532 g/mol. The third kappa shape index (κ3) is 4.54. The van der Waals surface area contributed by atoms with Gasteiger partial charge in [-0.2, -0.15) is 9.97 Å². The smallest absolute Gasteiger partial charge is 0.319 e. The number of fused-ring (bicyclic) bond motifs is 3. The van der Waals surface area contributed by atoms with Crippen molar-refractivity contribution in [3.05, 3.63) is 55.1 Å². The summed E-state index contributed by atoms with van der Waals surface area (Å²) in [4.78, 5) is 27.8. The fourth-order valence-corrected chi connectivity index (χ4v) is 5.60. The second kappa shape index (κ2) is 10.2. The molecule has 4 heterocycles. The minimum atomic E-state index is -0.546. The molecule has 2 aliphatic rings. The van der Waals surface area contributed by atoms with Gasteiger partial charge >= 0.3 is 6.01 Å². The zero-order valence-electron chi connectivity index (χ0n) is 21.8. The van der Waals surface area contributed by atoms with E-state index >= 15 is 0 Å². The molecule has 2 aliphatic heterocycles. The van der Waals surface area contributed by atoms with Crippen LogP contribution in [0.1, 0.15) is 12.8 Å². The Morgan fingerprint density at radius 2 is 2.05 bits per heavy atom. The van der Waals surface area contributed by atoms with E-state index in [2.05, 4.69) is 23.4 Å². The second-order valence-electron chi connectivity index (χ2n) is 10.0. The fraction of sp³-hybridized carbons (Fsp3) is 0.345. The number of likely N-dealkylation sites (N-methyl/N-ethyl adjacent to an activating group) is 1. The number of hydrogen-bond acceptors (Lipinski definition) is 8. The Bertz CT molecular complexity index is 1540. The summed E-state index contributed by atoms with van der Waals surface area (Å²) in [6.45, 7) is 7.20. The summed E-state index contributed by atoms with van der Waals surface area (Å²) < 4.78 is 27.1. The van der Waals surface area contributed by atoms with Crippen LogP contribution in [0.4, 0.5) is 10.2 Å². The molecule has 1 N–H and O–H groups in total. The number of aromatic hydroxyl groups is 1. The summed E-state index contributed by atoms with van der Waals surface area (Å²) in [7, 11) is 2.08. The molecule has 9 nitrogen and oxygen atoms in total. The van der Waals surface area contributed by atoms with Gasteiger partial charge in [-0.1, -0.05) is 12.6 Å². The first-order valence-electron chi connectivity index (χ1n) is 13.1. The molecule has 0 aliphatic carbocycles. The molecule has 0 saturated carbocycles. The molecule has 10 heteroatoms. The Labute approximate surface area is 225 Å². The predicted octanol–water partition coefficient (Wildman–Crippen LogP) is 4.20. The van der Waals surface area contributed by atoms with Crippen molar-refractivity contribution < 1.29 is 23.4 Å². The predicted molar refractivity (Wildman–Crippen MR) is 147 cm³/mol. The van der Waals surface area contributed by atoms with Crippen LogP contribution in [0.2, 0.25) is 0 Å². The molecule has 1 atom stereocenters. The topological polar surface area (TPSA) is 95.2 Å². The fourth-order valence-electron chi connectivity index (χ4n) is 5.60. The van der Waals surface area contributed by atoms with Gasteiger partial charge in [0.05, 0.1) is 22.7 Å². The number of amides is 1. The number of nitrogens with zero attached hydrogens (tertiary/aromatic N) is 5. The van der Waals surface area contributed by atoms with E-state index in [1.54, 1.807) is 17.0 Å². The molecular formula is C29H30FN5O4. The summed E-state index contributed by atoms with van der Waals surface area (Å²) >= 11 is 0. The third-order valence-corrected chi connectivity index (χ3v) is 7.76. The first kappa shape index (κ1) is 25.1. The number of rotatable bonds is 6. The van der Waals surface area contributed by atoms with Crippen LogP contribution in [0.5, 0.6) is 11.8 Å². The van der Waals surface area contributed by atoms with E-state index in [0.29, 0.717) is 66.0 Å². The van der Waals surface area contributed by atoms with Crippen molar-refractivity contribution in [2.75, 3.05) is 51.3 Å². The van der Waals surface area contributed by atoms with Crippen molar-refractivity contribution in [1.29, 1.82) is 0 Å². The van der Waals surface area contributed by atoms with E-state index in [-0.39, 0.29) is 29.3 Å². The maximum Gasteiger partial charge on any atom is 0.319 e. The lowest BCUT2D eigenvalue weighted by molar-refractivity contribution is -0.126. The average Bonchev–Trinajstić information content (AvgIpc) is 3.60. The summed E-state index contributed by atoms with van der Waals surface area (Å²) in [5.74, 6) is -0.191. The lowest BCUT2D eigenvalue weighted by atomic mass is 9.98. The molecule has 4 aromatic rings. The molecule has 2 saturated heterocycles. The molecule has 2 fully saturated rings. The van der Waals surface area contributed by atoms with Crippen molar-refractivity contribution in [1.82, 2.24) is 19.8 Å². The molecule has 202 valence electrons. The molecule has 2 aromatic carbocycles. The normalized spacial score (nSPS) is 18.3. The van der Waals surface area contributed by atoms with Gasteiger partial charge in [0.25, 0.3) is 0 Å². The zero-order valence-corrected chi connectivity index (χ0v) is 21.8. The number of likely N-dealkylation sites (tertiary alicyclic amines) is 1. The van der Waals surface area contributed by atoms with Crippen molar-refractivity contribution in [3.63, 3.8) is 0 Å². The Morgan fingerprint density at radius 3 is 2.77 bits per heavy atom. The quantitative estimate of drug-likeness (QED) is 0.370. The molecule has 39 heavy (non-hydrogen) atoms. The number of piperazine rings is 1. The van der Waals surface area contributed by atoms with Gasteiger partial charge in [-0.15, -0.1) is 0 Å². The molecule has 6 rings (SSSR count). The molecule has 2 aromatic heterocycles. The Hall–Kier alpha value is -4.18. The first-order valence-corrected chi connectivity index (χ1v) is 13.1. The first-order chi connectivity index (χ1) is 18.9. The van der Waals surface area contributed by atoms with E-state index in [9.17, 15) is 14.3 Å². The van der Waals surface area contributed by atoms with Crippen LogP contribution in [0.15, 0.2) is 53.7 Å². The van der Waals surface area contributed by atoms with Gasteiger partial charge in [0.2, 0.25) is 5.91 Å². The van der Waals surface area contributed by atoms with E-state index in [4.69, 9.17) is 19.1 Å².